The second kappa shape index (κ2) is 3.52. The van der Waals surface area contributed by atoms with Crippen molar-refractivity contribution in [3.05, 3.63) is 18.2 Å². The van der Waals surface area contributed by atoms with E-state index in [-0.39, 0.29) is 5.41 Å². The predicted molar refractivity (Wildman–Crippen MR) is 55.9 cm³/mol. The van der Waals surface area contributed by atoms with Gasteiger partial charge in [0.2, 0.25) is 0 Å². The fourth-order valence-electron chi connectivity index (χ4n) is 1.45. The molecule has 1 heterocycles. The summed E-state index contributed by atoms with van der Waals surface area (Å²) in [6.45, 7) is 11.0. The standard InChI is InChI=1S/C11H20N2/c1-6-9(2)13-8-7-12-10(13)11(3,4)5/h7-9H,6H2,1-5H3. The minimum atomic E-state index is 0.146. The lowest BCUT2D eigenvalue weighted by atomic mass is 9.95. The van der Waals surface area contributed by atoms with Gasteiger partial charge in [0.25, 0.3) is 0 Å². The predicted octanol–water partition coefficient (Wildman–Crippen LogP) is 3.15. The number of nitrogens with zero attached hydrogens (tertiary/aromatic N) is 2. The zero-order chi connectivity index (χ0) is 10.1. The van der Waals surface area contributed by atoms with Crippen molar-refractivity contribution in [2.45, 2.75) is 52.5 Å². The highest BCUT2D eigenvalue weighted by molar-refractivity contribution is 5.05. The molecular formula is C11H20N2. The minimum Gasteiger partial charge on any atom is -0.332 e. The molecule has 0 aliphatic heterocycles. The van der Waals surface area contributed by atoms with Gasteiger partial charge in [-0.1, -0.05) is 27.7 Å². The molecule has 1 atom stereocenters. The summed E-state index contributed by atoms with van der Waals surface area (Å²) in [7, 11) is 0. The molecule has 0 spiro atoms. The van der Waals surface area contributed by atoms with Gasteiger partial charge in [-0.05, 0) is 13.3 Å². The van der Waals surface area contributed by atoms with Gasteiger partial charge < -0.3 is 4.57 Å². The lowest BCUT2D eigenvalue weighted by Crippen LogP contribution is -2.20. The zero-order valence-corrected chi connectivity index (χ0v) is 9.33. The van der Waals surface area contributed by atoms with Gasteiger partial charge in [0.15, 0.2) is 0 Å². The van der Waals surface area contributed by atoms with Gasteiger partial charge in [-0.25, -0.2) is 4.98 Å². The Morgan fingerprint density at radius 1 is 1.46 bits per heavy atom. The van der Waals surface area contributed by atoms with Gasteiger partial charge >= 0.3 is 0 Å². The monoisotopic (exact) mass is 180 g/mol. The Kier molecular flexibility index (Phi) is 2.79. The van der Waals surface area contributed by atoms with Crippen LogP contribution in [0.3, 0.4) is 0 Å². The maximum atomic E-state index is 4.42. The van der Waals surface area contributed by atoms with Gasteiger partial charge in [-0.3, -0.25) is 0 Å². The molecule has 2 nitrogen and oxygen atoms in total. The van der Waals surface area contributed by atoms with Crippen LogP contribution in [0.5, 0.6) is 0 Å². The molecule has 0 N–H and O–H groups in total. The molecule has 74 valence electrons. The van der Waals surface area contributed by atoms with Crippen LogP contribution in [0.1, 0.15) is 52.9 Å². The lowest BCUT2D eigenvalue weighted by molar-refractivity contribution is 0.443. The normalized spacial score (nSPS) is 14.5. The van der Waals surface area contributed by atoms with Gasteiger partial charge in [0.05, 0.1) is 0 Å². The first kappa shape index (κ1) is 10.3. The third-order valence-electron chi connectivity index (χ3n) is 2.41. The van der Waals surface area contributed by atoms with Crippen LogP contribution >= 0.6 is 0 Å². The molecule has 13 heavy (non-hydrogen) atoms. The van der Waals surface area contributed by atoms with Crippen LogP contribution < -0.4 is 0 Å². The van der Waals surface area contributed by atoms with Crippen LogP contribution in [-0.2, 0) is 5.41 Å². The molecule has 0 saturated heterocycles. The zero-order valence-electron chi connectivity index (χ0n) is 9.33. The van der Waals surface area contributed by atoms with Crippen molar-refractivity contribution in [2.75, 3.05) is 0 Å². The summed E-state index contributed by atoms with van der Waals surface area (Å²) in [6.07, 6.45) is 5.13. The molecule has 0 aliphatic rings. The molecule has 0 aromatic carbocycles. The Bertz CT molecular complexity index is 268. The molecule has 1 rings (SSSR count). The van der Waals surface area contributed by atoms with Crippen molar-refractivity contribution in [3.8, 4) is 0 Å². The van der Waals surface area contributed by atoms with Crippen molar-refractivity contribution in [1.29, 1.82) is 0 Å². The first-order valence-corrected chi connectivity index (χ1v) is 5.00. The van der Waals surface area contributed by atoms with E-state index in [1.807, 2.05) is 6.20 Å². The third kappa shape index (κ3) is 2.11. The first-order valence-electron chi connectivity index (χ1n) is 5.00. The molecule has 1 aromatic heterocycles. The Morgan fingerprint density at radius 3 is 2.54 bits per heavy atom. The molecule has 0 radical (unpaired) electrons. The number of hydrogen-bond donors (Lipinski definition) is 0. The quantitative estimate of drug-likeness (QED) is 0.683. The first-order chi connectivity index (χ1) is 5.96. The Hall–Kier alpha value is -0.790. The highest BCUT2D eigenvalue weighted by atomic mass is 15.1. The molecule has 1 aromatic rings. The minimum absolute atomic E-state index is 0.146. The summed E-state index contributed by atoms with van der Waals surface area (Å²) in [5.74, 6) is 1.18. The topological polar surface area (TPSA) is 17.8 Å². The maximum Gasteiger partial charge on any atom is 0.114 e. The van der Waals surface area contributed by atoms with Crippen LogP contribution in [0, 0.1) is 0 Å². The second-order valence-corrected chi connectivity index (χ2v) is 4.67. The van der Waals surface area contributed by atoms with Crippen LogP contribution in [-0.4, -0.2) is 9.55 Å². The molecule has 0 aliphatic carbocycles. The van der Waals surface area contributed by atoms with Gasteiger partial charge in [-0.15, -0.1) is 0 Å². The average molecular weight is 180 g/mol. The molecule has 0 saturated carbocycles. The fraction of sp³-hybridized carbons (Fsp3) is 0.727. The van der Waals surface area contributed by atoms with E-state index in [1.165, 1.54) is 5.82 Å². The molecule has 1 unspecified atom stereocenters. The van der Waals surface area contributed by atoms with E-state index in [4.69, 9.17) is 0 Å². The third-order valence-corrected chi connectivity index (χ3v) is 2.41. The molecule has 0 fully saturated rings. The van der Waals surface area contributed by atoms with E-state index in [2.05, 4.69) is 50.4 Å². The smallest absolute Gasteiger partial charge is 0.114 e. The lowest BCUT2D eigenvalue weighted by Gasteiger charge is -2.23. The highest BCUT2D eigenvalue weighted by Gasteiger charge is 2.20. The number of hydrogen-bond acceptors (Lipinski definition) is 1. The largest absolute Gasteiger partial charge is 0.332 e. The molecule has 0 bridgehead atoms. The summed E-state index contributed by atoms with van der Waals surface area (Å²) < 4.78 is 2.28. The van der Waals surface area contributed by atoms with E-state index in [1.54, 1.807) is 0 Å². The highest BCUT2D eigenvalue weighted by Crippen LogP contribution is 2.24. The summed E-state index contributed by atoms with van der Waals surface area (Å²) in [6, 6.07) is 0.553. The SMILES string of the molecule is CCC(C)n1ccnc1C(C)(C)C. The van der Waals surface area contributed by atoms with Crippen molar-refractivity contribution in [2.24, 2.45) is 0 Å². The van der Waals surface area contributed by atoms with E-state index >= 15 is 0 Å². The average Bonchev–Trinajstić information content (AvgIpc) is 2.49. The molecular weight excluding hydrogens is 160 g/mol. The van der Waals surface area contributed by atoms with Gasteiger partial charge in [-0.2, -0.15) is 0 Å². The summed E-state index contributed by atoms with van der Waals surface area (Å²) in [5, 5.41) is 0. The molecule has 2 heteroatoms. The molecule has 0 amide bonds. The number of imidazole rings is 1. The number of aromatic nitrogens is 2. The maximum absolute atomic E-state index is 4.42. The van der Waals surface area contributed by atoms with Crippen LogP contribution in [0.4, 0.5) is 0 Å². The second-order valence-electron chi connectivity index (χ2n) is 4.67. The van der Waals surface area contributed by atoms with Crippen molar-refractivity contribution >= 4 is 0 Å². The summed E-state index contributed by atoms with van der Waals surface area (Å²) >= 11 is 0. The van der Waals surface area contributed by atoms with Gasteiger partial charge in [0.1, 0.15) is 5.82 Å². The Morgan fingerprint density at radius 2 is 2.08 bits per heavy atom. The fourth-order valence-corrected chi connectivity index (χ4v) is 1.45. The summed E-state index contributed by atoms with van der Waals surface area (Å²) in [4.78, 5) is 4.42. The van der Waals surface area contributed by atoms with Crippen molar-refractivity contribution in [1.82, 2.24) is 9.55 Å². The summed E-state index contributed by atoms with van der Waals surface area (Å²) in [5.41, 5.74) is 0.146. The van der Waals surface area contributed by atoms with Gasteiger partial charge in [0, 0.05) is 23.9 Å². The van der Waals surface area contributed by atoms with Crippen LogP contribution in [0.25, 0.3) is 0 Å². The van der Waals surface area contributed by atoms with E-state index in [0.29, 0.717) is 6.04 Å². The Balaban J connectivity index is 3.03. The van der Waals surface area contributed by atoms with Crippen molar-refractivity contribution < 1.29 is 0 Å². The van der Waals surface area contributed by atoms with E-state index < -0.39 is 0 Å². The van der Waals surface area contributed by atoms with Crippen LogP contribution in [0.15, 0.2) is 12.4 Å². The number of rotatable bonds is 2. The Labute approximate surface area is 81.0 Å². The van der Waals surface area contributed by atoms with E-state index in [9.17, 15) is 0 Å². The van der Waals surface area contributed by atoms with E-state index in [0.717, 1.165) is 6.42 Å². The van der Waals surface area contributed by atoms with Crippen LogP contribution in [0.2, 0.25) is 0 Å². The van der Waals surface area contributed by atoms with Crippen molar-refractivity contribution in [3.63, 3.8) is 0 Å².